The van der Waals surface area contributed by atoms with Crippen LogP contribution in [0.4, 0.5) is 5.88 Å². The number of nitrogens with zero attached hydrogens (tertiary/aromatic N) is 1. The first-order valence-corrected chi connectivity index (χ1v) is 9.71. The molecule has 0 aliphatic rings. The van der Waals surface area contributed by atoms with Crippen LogP contribution in [0.3, 0.4) is 0 Å². The molecule has 2 aromatic carbocycles. The van der Waals surface area contributed by atoms with Crippen molar-refractivity contribution in [1.29, 1.82) is 0 Å². The van der Waals surface area contributed by atoms with Crippen molar-refractivity contribution in [3.63, 3.8) is 0 Å². The molecule has 0 radical (unpaired) electrons. The summed E-state index contributed by atoms with van der Waals surface area (Å²) in [4.78, 5) is 27.8. The number of aromatic amines is 1. The molecule has 6 nitrogen and oxygen atoms in total. The number of pyridine rings is 1. The Balaban J connectivity index is 1.51. The number of H-pyrrole nitrogens is 1. The topological polar surface area (TPSA) is 88.0 Å². The molecule has 6 heteroatoms. The zero-order valence-electron chi connectivity index (χ0n) is 16.7. The van der Waals surface area contributed by atoms with Crippen molar-refractivity contribution in [3.8, 4) is 22.5 Å². The van der Waals surface area contributed by atoms with Crippen LogP contribution in [0.2, 0.25) is 0 Å². The highest BCUT2D eigenvalue weighted by atomic mass is 16.5. The molecular formula is C24H21N3O3. The van der Waals surface area contributed by atoms with Crippen molar-refractivity contribution < 1.29 is 9.32 Å². The number of rotatable bonds is 5. The summed E-state index contributed by atoms with van der Waals surface area (Å²) in [5.74, 6) is -0.382. The minimum absolute atomic E-state index is 0.00310. The molecule has 0 fully saturated rings. The number of carbonyl (C=O) groups is 1. The number of hydrogen-bond acceptors (Lipinski definition) is 4. The number of aryl methyl sites for hydroxylation is 2. The lowest BCUT2D eigenvalue weighted by Gasteiger charge is -2.05. The van der Waals surface area contributed by atoms with Crippen LogP contribution < -0.4 is 10.9 Å². The van der Waals surface area contributed by atoms with E-state index in [0.29, 0.717) is 11.4 Å². The molecule has 4 aromatic rings. The van der Waals surface area contributed by atoms with Crippen LogP contribution in [0.15, 0.2) is 76.0 Å². The molecule has 2 N–H and O–H groups in total. The Morgan fingerprint density at radius 2 is 1.83 bits per heavy atom. The SMILES string of the molecule is CCc1ccc(-c2cc(NC(=O)c3ccc(-c4cccc(C)c4)[nH]c3=O)on2)cc1. The summed E-state index contributed by atoms with van der Waals surface area (Å²) in [5.41, 5.74) is 4.86. The van der Waals surface area contributed by atoms with Crippen LogP contribution in [0.25, 0.3) is 22.5 Å². The molecule has 0 aliphatic carbocycles. The zero-order valence-corrected chi connectivity index (χ0v) is 16.7. The van der Waals surface area contributed by atoms with Crippen LogP contribution in [-0.4, -0.2) is 16.0 Å². The number of aromatic nitrogens is 2. The normalized spacial score (nSPS) is 10.7. The Morgan fingerprint density at radius 1 is 1.03 bits per heavy atom. The second-order valence-corrected chi connectivity index (χ2v) is 7.07. The van der Waals surface area contributed by atoms with Gasteiger partial charge in [0.15, 0.2) is 0 Å². The second kappa shape index (κ2) is 8.21. The summed E-state index contributed by atoms with van der Waals surface area (Å²) in [6.45, 7) is 4.07. The molecule has 0 unspecified atom stereocenters. The van der Waals surface area contributed by atoms with Crippen LogP contribution in [0.1, 0.15) is 28.4 Å². The largest absolute Gasteiger partial charge is 0.338 e. The first-order valence-electron chi connectivity index (χ1n) is 9.71. The van der Waals surface area contributed by atoms with Gasteiger partial charge < -0.3 is 9.51 Å². The van der Waals surface area contributed by atoms with E-state index in [1.807, 2.05) is 55.5 Å². The van der Waals surface area contributed by atoms with E-state index in [0.717, 1.165) is 23.1 Å². The summed E-state index contributed by atoms with van der Waals surface area (Å²) in [6.07, 6.45) is 0.956. The van der Waals surface area contributed by atoms with Crippen molar-refractivity contribution >= 4 is 11.8 Å². The molecule has 2 heterocycles. The van der Waals surface area contributed by atoms with Gasteiger partial charge in [0.1, 0.15) is 11.3 Å². The summed E-state index contributed by atoms with van der Waals surface area (Å²) in [5, 5.41) is 6.59. The van der Waals surface area contributed by atoms with Crippen molar-refractivity contribution in [2.45, 2.75) is 20.3 Å². The van der Waals surface area contributed by atoms with Crippen molar-refractivity contribution in [3.05, 3.63) is 93.8 Å². The predicted octanol–water partition coefficient (Wildman–Crippen LogP) is 4.82. The summed E-state index contributed by atoms with van der Waals surface area (Å²) < 4.78 is 5.22. The van der Waals surface area contributed by atoms with Gasteiger partial charge in [-0.25, -0.2) is 0 Å². The van der Waals surface area contributed by atoms with Crippen LogP contribution >= 0.6 is 0 Å². The molecular weight excluding hydrogens is 378 g/mol. The third-order valence-electron chi connectivity index (χ3n) is 4.89. The maximum atomic E-state index is 12.5. The molecule has 4 rings (SSSR count). The van der Waals surface area contributed by atoms with E-state index in [-0.39, 0.29) is 11.4 Å². The van der Waals surface area contributed by atoms with Gasteiger partial charge in [-0.2, -0.15) is 0 Å². The molecule has 0 bridgehead atoms. The van der Waals surface area contributed by atoms with E-state index in [4.69, 9.17) is 4.52 Å². The smallest absolute Gasteiger partial charge is 0.263 e. The predicted molar refractivity (Wildman–Crippen MR) is 117 cm³/mol. The molecule has 0 saturated carbocycles. The van der Waals surface area contributed by atoms with Crippen molar-refractivity contribution in [2.75, 3.05) is 5.32 Å². The van der Waals surface area contributed by atoms with Gasteiger partial charge in [0.05, 0.1) is 0 Å². The Hall–Kier alpha value is -3.93. The highest BCUT2D eigenvalue weighted by molar-refractivity contribution is 6.03. The fourth-order valence-corrected chi connectivity index (χ4v) is 3.19. The van der Waals surface area contributed by atoms with Crippen LogP contribution in [0.5, 0.6) is 0 Å². The monoisotopic (exact) mass is 399 g/mol. The van der Waals surface area contributed by atoms with Gasteiger partial charge in [0.25, 0.3) is 11.5 Å². The van der Waals surface area contributed by atoms with E-state index >= 15 is 0 Å². The molecule has 0 saturated heterocycles. The van der Waals surface area contributed by atoms with Crippen molar-refractivity contribution in [1.82, 2.24) is 10.1 Å². The van der Waals surface area contributed by atoms with E-state index in [1.54, 1.807) is 12.1 Å². The third-order valence-corrected chi connectivity index (χ3v) is 4.89. The quantitative estimate of drug-likeness (QED) is 0.504. The molecule has 150 valence electrons. The summed E-state index contributed by atoms with van der Waals surface area (Å²) in [7, 11) is 0. The summed E-state index contributed by atoms with van der Waals surface area (Å²) >= 11 is 0. The van der Waals surface area contributed by atoms with Crippen LogP contribution in [-0.2, 0) is 6.42 Å². The van der Waals surface area contributed by atoms with Crippen molar-refractivity contribution in [2.24, 2.45) is 0 Å². The lowest BCUT2D eigenvalue weighted by molar-refractivity contribution is 0.102. The fraction of sp³-hybridized carbons (Fsp3) is 0.125. The van der Waals surface area contributed by atoms with E-state index in [9.17, 15) is 9.59 Å². The Bertz CT molecular complexity index is 1250. The number of carbonyl (C=O) groups excluding carboxylic acids is 1. The molecule has 0 spiro atoms. The molecule has 0 aliphatic heterocycles. The lowest BCUT2D eigenvalue weighted by atomic mass is 10.1. The highest BCUT2D eigenvalue weighted by Crippen LogP contribution is 2.23. The highest BCUT2D eigenvalue weighted by Gasteiger charge is 2.15. The first-order chi connectivity index (χ1) is 14.5. The average molecular weight is 399 g/mol. The van der Waals surface area contributed by atoms with Gasteiger partial charge >= 0.3 is 0 Å². The number of benzene rings is 2. The van der Waals surface area contributed by atoms with E-state index in [1.165, 1.54) is 11.6 Å². The maximum absolute atomic E-state index is 12.5. The molecule has 30 heavy (non-hydrogen) atoms. The average Bonchev–Trinajstić information content (AvgIpc) is 3.22. The summed E-state index contributed by atoms with van der Waals surface area (Å²) in [6, 6.07) is 20.6. The number of anilines is 1. The maximum Gasteiger partial charge on any atom is 0.263 e. The molecule has 1 amide bonds. The Kier molecular flexibility index (Phi) is 5.30. The minimum Gasteiger partial charge on any atom is -0.338 e. The molecule has 0 atom stereocenters. The Morgan fingerprint density at radius 3 is 2.53 bits per heavy atom. The minimum atomic E-state index is -0.559. The fourth-order valence-electron chi connectivity index (χ4n) is 3.19. The van der Waals surface area contributed by atoms with Gasteiger partial charge in [0.2, 0.25) is 5.88 Å². The van der Waals surface area contributed by atoms with Gasteiger partial charge in [0, 0.05) is 17.3 Å². The third kappa shape index (κ3) is 4.07. The van der Waals surface area contributed by atoms with Gasteiger partial charge in [-0.1, -0.05) is 60.1 Å². The van der Waals surface area contributed by atoms with E-state index < -0.39 is 11.5 Å². The zero-order chi connectivity index (χ0) is 21.1. The van der Waals surface area contributed by atoms with Gasteiger partial charge in [-0.3, -0.25) is 14.9 Å². The Labute approximate surface area is 173 Å². The number of hydrogen-bond donors (Lipinski definition) is 2. The standard InChI is InChI=1S/C24H21N3O3/c1-3-16-7-9-17(10-8-16)21-14-22(30-27-21)26-24(29)19-11-12-20(25-23(19)28)18-6-4-5-15(2)13-18/h4-14H,3H2,1-2H3,(H,25,28)(H,26,29). The first kappa shape index (κ1) is 19.4. The second-order valence-electron chi connectivity index (χ2n) is 7.07. The number of amides is 1. The van der Waals surface area contributed by atoms with Gasteiger partial charge in [-0.05, 0) is 42.7 Å². The molecule has 2 aromatic heterocycles. The van der Waals surface area contributed by atoms with Crippen LogP contribution in [0, 0.1) is 6.92 Å². The van der Waals surface area contributed by atoms with E-state index in [2.05, 4.69) is 22.4 Å². The van der Waals surface area contributed by atoms with Gasteiger partial charge in [-0.15, -0.1) is 0 Å². The number of nitrogens with one attached hydrogen (secondary N) is 2. The lowest BCUT2D eigenvalue weighted by Crippen LogP contribution is -2.23.